The number of benzene rings is 1. The number of hydrogen-bond acceptors (Lipinski definition) is 2. The first-order valence-electron chi connectivity index (χ1n) is 6.23. The van der Waals surface area contributed by atoms with Gasteiger partial charge in [-0.25, -0.2) is 4.39 Å². The van der Waals surface area contributed by atoms with Crippen molar-refractivity contribution in [3.05, 3.63) is 52.8 Å². The van der Waals surface area contributed by atoms with Crippen molar-refractivity contribution in [2.24, 2.45) is 0 Å². The van der Waals surface area contributed by atoms with E-state index in [1.54, 1.807) is 31.2 Å². The van der Waals surface area contributed by atoms with Gasteiger partial charge in [0.2, 0.25) is 4.58 Å². The predicted molar refractivity (Wildman–Crippen MR) is 81.7 cm³/mol. The van der Waals surface area contributed by atoms with E-state index in [4.69, 9.17) is 11.6 Å². The van der Waals surface area contributed by atoms with Gasteiger partial charge in [-0.05, 0) is 45.6 Å². The molecule has 118 valence electrons. The second-order valence-corrected chi connectivity index (χ2v) is 6.26. The number of carbonyl (C=O) groups excluding carboxylic acids is 1. The van der Waals surface area contributed by atoms with Crippen molar-refractivity contribution < 1.29 is 22.7 Å². The number of halogens is 5. The van der Waals surface area contributed by atoms with Crippen molar-refractivity contribution in [1.29, 1.82) is 0 Å². The summed E-state index contributed by atoms with van der Waals surface area (Å²) in [5, 5.41) is -1.28. The molecule has 2 unspecified atom stereocenters. The molecule has 0 amide bonds. The van der Waals surface area contributed by atoms with E-state index in [0.717, 1.165) is 5.56 Å². The van der Waals surface area contributed by atoms with Gasteiger partial charge in [0.15, 0.2) is 6.29 Å². The molecule has 1 aliphatic rings. The third-order valence-corrected chi connectivity index (χ3v) is 4.98. The Morgan fingerprint density at radius 3 is 2.59 bits per heavy atom. The molecule has 0 radical (unpaired) electrons. The molecule has 1 aromatic rings. The summed E-state index contributed by atoms with van der Waals surface area (Å²) in [6.07, 6.45) is 1.29. The minimum atomic E-state index is -3.19. The lowest BCUT2D eigenvalue weighted by atomic mass is 9.88. The van der Waals surface area contributed by atoms with Crippen LogP contribution in [0.1, 0.15) is 11.1 Å². The standard InChI is InChI=1S/C15H11BrClF3O2/c1-8-4-2-3-5-9(8)10-6-12(22-14(18)19)11(7-21)15(16,20)13(10)17/h2-7,13-14H,1H3. The summed E-state index contributed by atoms with van der Waals surface area (Å²) in [5.41, 5.74) is 1.02. The zero-order valence-electron chi connectivity index (χ0n) is 11.3. The molecule has 1 aromatic carbocycles. The highest BCUT2D eigenvalue weighted by Crippen LogP contribution is 2.47. The highest BCUT2D eigenvalue weighted by atomic mass is 79.9. The average molecular weight is 396 g/mol. The molecule has 1 aliphatic carbocycles. The smallest absolute Gasteiger partial charge is 0.387 e. The van der Waals surface area contributed by atoms with Gasteiger partial charge in [0.1, 0.15) is 11.1 Å². The van der Waals surface area contributed by atoms with Crippen LogP contribution in [0.4, 0.5) is 13.2 Å². The molecular formula is C15H11BrClF3O2. The number of carbonyl (C=O) groups is 1. The fourth-order valence-corrected chi connectivity index (χ4v) is 3.06. The lowest BCUT2D eigenvalue weighted by Gasteiger charge is -2.32. The van der Waals surface area contributed by atoms with Crippen LogP contribution in [0.3, 0.4) is 0 Å². The Morgan fingerprint density at radius 2 is 2.05 bits per heavy atom. The number of ether oxygens (including phenoxy) is 1. The van der Waals surface area contributed by atoms with Gasteiger partial charge in [0.25, 0.3) is 0 Å². The van der Waals surface area contributed by atoms with Crippen molar-refractivity contribution >= 4 is 39.4 Å². The Hall–Kier alpha value is -1.27. The van der Waals surface area contributed by atoms with Crippen LogP contribution in [0.15, 0.2) is 41.7 Å². The summed E-state index contributed by atoms with van der Waals surface area (Å²) in [4.78, 5) is 11.1. The zero-order chi connectivity index (χ0) is 16.5. The Kier molecular flexibility index (Phi) is 5.02. The van der Waals surface area contributed by atoms with Crippen LogP contribution in [0, 0.1) is 6.92 Å². The summed E-state index contributed by atoms with van der Waals surface area (Å²) in [6.45, 7) is -1.41. The fraction of sp³-hybridized carbons (Fsp3) is 0.267. The molecule has 22 heavy (non-hydrogen) atoms. The van der Waals surface area contributed by atoms with E-state index in [1.165, 1.54) is 6.08 Å². The maximum absolute atomic E-state index is 14.8. The van der Waals surface area contributed by atoms with Gasteiger partial charge in [-0.15, -0.1) is 11.6 Å². The molecule has 2 nitrogen and oxygen atoms in total. The van der Waals surface area contributed by atoms with Crippen molar-refractivity contribution in [3.8, 4) is 0 Å². The van der Waals surface area contributed by atoms with Gasteiger partial charge >= 0.3 is 6.61 Å². The minimum absolute atomic E-state index is 0.118. The summed E-state index contributed by atoms with van der Waals surface area (Å²) >= 11 is 8.85. The number of allylic oxidation sites excluding steroid dienone is 3. The molecule has 0 aromatic heterocycles. The lowest BCUT2D eigenvalue weighted by molar-refractivity contribution is -0.108. The summed E-state index contributed by atoms with van der Waals surface area (Å²) in [7, 11) is 0. The fourth-order valence-electron chi connectivity index (χ4n) is 2.23. The van der Waals surface area contributed by atoms with Gasteiger partial charge < -0.3 is 4.74 Å². The van der Waals surface area contributed by atoms with E-state index in [-0.39, 0.29) is 11.9 Å². The molecule has 7 heteroatoms. The van der Waals surface area contributed by atoms with Crippen LogP contribution in [-0.2, 0) is 9.53 Å². The van der Waals surface area contributed by atoms with Crippen LogP contribution in [0.25, 0.3) is 5.57 Å². The molecule has 0 saturated heterocycles. The molecule has 0 aliphatic heterocycles. The first-order valence-corrected chi connectivity index (χ1v) is 7.46. The van der Waals surface area contributed by atoms with E-state index in [2.05, 4.69) is 20.7 Å². The van der Waals surface area contributed by atoms with Crippen LogP contribution in [-0.4, -0.2) is 22.9 Å². The SMILES string of the molecule is Cc1ccccc1C1=CC(OC(F)F)=C(C=O)C(F)(Br)C1Cl. The maximum atomic E-state index is 14.8. The van der Waals surface area contributed by atoms with Gasteiger partial charge in [0, 0.05) is 0 Å². The Balaban J connectivity index is 2.64. The first-order chi connectivity index (χ1) is 10.3. The quantitative estimate of drug-likeness (QED) is 0.543. The lowest BCUT2D eigenvalue weighted by Crippen LogP contribution is -2.35. The van der Waals surface area contributed by atoms with Gasteiger partial charge in [-0.2, -0.15) is 8.78 Å². The third-order valence-electron chi connectivity index (χ3n) is 3.29. The Labute approximate surface area is 138 Å². The number of aryl methyl sites for hydroxylation is 1. The molecule has 0 spiro atoms. The Bertz CT molecular complexity index is 656. The van der Waals surface area contributed by atoms with Crippen molar-refractivity contribution in [3.63, 3.8) is 0 Å². The van der Waals surface area contributed by atoms with Crippen LogP contribution in [0.2, 0.25) is 0 Å². The molecule has 0 fully saturated rings. The highest BCUT2D eigenvalue weighted by molar-refractivity contribution is 9.10. The number of rotatable bonds is 4. The molecule has 2 atom stereocenters. The second-order valence-electron chi connectivity index (χ2n) is 4.67. The second kappa shape index (κ2) is 6.46. The summed E-state index contributed by atoms with van der Waals surface area (Å²) < 4.78 is 41.6. The molecule has 0 saturated carbocycles. The third kappa shape index (κ3) is 3.08. The number of alkyl halides is 5. The van der Waals surface area contributed by atoms with Crippen LogP contribution < -0.4 is 0 Å². The topological polar surface area (TPSA) is 26.3 Å². The van der Waals surface area contributed by atoms with Gasteiger partial charge in [0.05, 0.1) is 5.57 Å². The maximum Gasteiger partial charge on any atom is 0.387 e. The number of aldehydes is 1. The van der Waals surface area contributed by atoms with E-state index < -0.39 is 27.9 Å². The molecule has 0 bridgehead atoms. The van der Waals surface area contributed by atoms with E-state index >= 15 is 0 Å². The summed E-state index contributed by atoms with van der Waals surface area (Å²) in [6, 6.07) is 6.96. The first kappa shape index (κ1) is 17.1. The minimum Gasteiger partial charge on any atom is -0.434 e. The van der Waals surface area contributed by atoms with E-state index in [1.807, 2.05) is 0 Å². The molecule has 0 heterocycles. The van der Waals surface area contributed by atoms with Crippen LogP contribution in [0.5, 0.6) is 0 Å². The molecular weight excluding hydrogens is 385 g/mol. The van der Waals surface area contributed by atoms with Gasteiger partial charge in [-0.3, -0.25) is 4.79 Å². The largest absolute Gasteiger partial charge is 0.434 e. The van der Waals surface area contributed by atoms with E-state index in [0.29, 0.717) is 5.56 Å². The molecule has 2 rings (SSSR count). The van der Waals surface area contributed by atoms with Gasteiger partial charge in [-0.1, -0.05) is 24.3 Å². The monoisotopic (exact) mass is 394 g/mol. The normalized spacial score (nSPS) is 25.2. The van der Waals surface area contributed by atoms with Crippen LogP contribution >= 0.6 is 27.5 Å². The number of hydrogen-bond donors (Lipinski definition) is 0. The van der Waals surface area contributed by atoms with Crippen molar-refractivity contribution in [1.82, 2.24) is 0 Å². The average Bonchev–Trinajstić information content (AvgIpc) is 2.43. The molecule has 0 N–H and O–H groups in total. The van der Waals surface area contributed by atoms with Crippen molar-refractivity contribution in [2.75, 3.05) is 0 Å². The van der Waals surface area contributed by atoms with Crippen molar-refractivity contribution in [2.45, 2.75) is 23.5 Å². The predicted octanol–water partition coefficient (Wildman–Crippen LogP) is 4.75. The Morgan fingerprint density at radius 1 is 1.41 bits per heavy atom. The van der Waals surface area contributed by atoms with E-state index in [9.17, 15) is 18.0 Å². The summed E-state index contributed by atoms with van der Waals surface area (Å²) in [5.74, 6) is -0.542. The zero-order valence-corrected chi connectivity index (χ0v) is 13.7. The highest BCUT2D eigenvalue weighted by Gasteiger charge is 2.47.